The molecule has 0 aliphatic carbocycles. The Morgan fingerprint density at radius 2 is 1.88 bits per heavy atom. The first-order chi connectivity index (χ1) is 11.5. The molecule has 0 heterocycles. The second-order valence-electron chi connectivity index (χ2n) is 5.98. The summed E-state index contributed by atoms with van der Waals surface area (Å²) in [5.74, 6) is 0.768. The van der Waals surface area contributed by atoms with Crippen LogP contribution in [0.3, 0.4) is 0 Å². The molecule has 0 spiro atoms. The Balaban J connectivity index is 1.86. The quantitative estimate of drug-likeness (QED) is 0.771. The lowest BCUT2D eigenvalue weighted by Crippen LogP contribution is -2.21. The van der Waals surface area contributed by atoms with Gasteiger partial charge in [-0.1, -0.05) is 24.3 Å². The highest BCUT2D eigenvalue weighted by molar-refractivity contribution is 7.84. The van der Waals surface area contributed by atoms with Crippen LogP contribution in [0.1, 0.15) is 31.1 Å². The van der Waals surface area contributed by atoms with Gasteiger partial charge in [0.25, 0.3) is 0 Å². The van der Waals surface area contributed by atoms with Gasteiger partial charge in [0.1, 0.15) is 5.75 Å². The van der Waals surface area contributed by atoms with Crippen LogP contribution in [-0.4, -0.2) is 28.2 Å². The normalized spacial score (nSPS) is 13.7. The molecule has 0 saturated heterocycles. The molecule has 130 valence electrons. The standard InChI is InChI=1S/C19H25NO3S/c1-14(2)23-17-6-4-5-16(11-17)19(21)13-20-12-15-7-9-18(10-8-15)24(3)22/h4-11,14,19-21H,12-13H2,1-3H3. The first kappa shape index (κ1) is 18.6. The van der Waals surface area contributed by atoms with Crippen LogP contribution in [0.15, 0.2) is 53.4 Å². The van der Waals surface area contributed by atoms with Crippen LogP contribution in [-0.2, 0) is 17.3 Å². The summed E-state index contributed by atoms with van der Waals surface area (Å²) in [6, 6.07) is 15.2. The first-order valence-electron chi connectivity index (χ1n) is 8.03. The van der Waals surface area contributed by atoms with Crippen molar-refractivity contribution in [3.63, 3.8) is 0 Å². The van der Waals surface area contributed by atoms with E-state index in [1.54, 1.807) is 6.26 Å². The Bertz CT molecular complexity index is 671. The molecule has 2 unspecified atom stereocenters. The molecule has 0 amide bonds. The molecule has 0 saturated carbocycles. The molecule has 0 fully saturated rings. The zero-order valence-corrected chi connectivity index (χ0v) is 15.2. The van der Waals surface area contributed by atoms with Crippen LogP contribution in [0.4, 0.5) is 0 Å². The lowest BCUT2D eigenvalue weighted by atomic mass is 10.1. The van der Waals surface area contributed by atoms with E-state index in [2.05, 4.69) is 5.32 Å². The van der Waals surface area contributed by atoms with Crippen LogP contribution in [0.25, 0.3) is 0 Å². The van der Waals surface area contributed by atoms with E-state index in [0.717, 1.165) is 21.8 Å². The van der Waals surface area contributed by atoms with Gasteiger partial charge < -0.3 is 15.2 Å². The molecular formula is C19H25NO3S. The van der Waals surface area contributed by atoms with Gasteiger partial charge in [0.15, 0.2) is 0 Å². The molecule has 2 aromatic carbocycles. The van der Waals surface area contributed by atoms with Crippen molar-refractivity contribution in [1.82, 2.24) is 5.32 Å². The summed E-state index contributed by atoms with van der Waals surface area (Å²) in [4.78, 5) is 0.820. The van der Waals surface area contributed by atoms with Crippen LogP contribution in [0, 0.1) is 0 Å². The molecule has 2 rings (SSSR count). The zero-order valence-electron chi connectivity index (χ0n) is 14.4. The fourth-order valence-corrected chi connectivity index (χ4v) is 2.86. The number of benzene rings is 2. The predicted octanol–water partition coefficient (Wildman–Crippen LogP) is 3.03. The third-order valence-corrected chi connectivity index (χ3v) is 4.47. The minimum atomic E-state index is -0.954. The molecule has 0 aliphatic rings. The monoisotopic (exact) mass is 347 g/mol. The Kier molecular flexibility index (Phi) is 6.97. The van der Waals surface area contributed by atoms with Gasteiger partial charge in [-0.2, -0.15) is 0 Å². The van der Waals surface area contributed by atoms with E-state index < -0.39 is 16.9 Å². The molecule has 0 aliphatic heterocycles. The number of nitrogens with one attached hydrogen (secondary N) is 1. The van der Waals surface area contributed by atoms with Crippen LogP contribution >= 0.6 is 0 Å². The van der Waals surface area contributed by atoms with E-state index in [1.165, 1.54) is 0 Å². The number of aliphatic hydroxyl groups is 1. The van der Waals surface area contributed by atoms with E-state index in [9.17, 15) is 9.32 Å². The maximum atomic E-state index is 11.4. The largest absolute Gasteiger partial charge is 0.491 e. The molecule has 0 bridgehead atoms. The van der Waals surface area contributed by atoms with Crippen molar-refractivity contribution in [1.29, 1.82) is 0 Å². The van der Waals surface area contributed by atoms with Gasteiger partial charge in [0.05, 0.1) is 12.2 Å². The lowest BCUT2D eigenvalue weighted by Gasteiger charge is -2.15. The minimum absolute atomic E-state index is 0.107. The average Bonchev–Trinajstić information content (AvgIpc) is 2.55. The predicted molar refractivity (Wildman–Crippen MR) is 97.6 cm³/mol. The SMILES string of the molecule is CC(C)Oc1cccc(C(O)CNCc2ccc(S(C)=O)cc2)c1. The van der Waals surface area contributed by atoms with Crippen LogP contribution < -0.4 is 10.1 Å². The molecule has 0 radical (unpaired) electrons. The molecule has 2 aromatic rings. The van der Waals surface area contributed by atoms with Crippen molar-refractivity contribution in [2.45, 2.75) is 37.5 Å². The number of rotatable bonds is 8. The Hall–Kier alpha value is -1.69. The van der Waals surface area contributed by atoms with E-state index in [0.29, 0.717) is 13.1 Å². The molecule has 5 heteroatoms. The van der Waals surface area contributed by atoms with Crippen molar-refractivity contribution in [2.24, 2.45) is 0 Å². The summed E-state index contributed by atoms with van der Waals surface area (Å²) in [6.07, 6.45) is 1.18. The summed E-state index contributed by atoms with van der Waals surface area (Å²) in [7, 11) is -0.954. The van der Waals surface area contributed by atoms with Gasteiger partial charge in [-0.3, -0.25) is 4.21 Å². The lowest BCUT2D eigenvalue weighted by molar-refractivity contribution is 0.173. The highest BCUT2D eigenvalue weighted by Gasteiger charge is 2.09. The second kappa shape index (κ2) is 8.97. The Morgan fingerprint density at radius 3 is 2.50 bits per heavy atom. The highest BCUT2D eigenvalue weighted by Crippen LogP contribution is 2.20. The number of hydrogen-bond acceptors (Lipinski definition) is 4. The Labute approximate surface area is 146 Å². The molecule has 0 aromatic heterocycles. The Morgan fingerprint density at radius 1 is 1.17 bits per heavy atom. The van der Waals surface area contributed by atoms with Crippen molar-refractivity contribution in [3.05, 3.63) is 59.7 Å². The number of ether oxygens (including phenoxy) is 1. The first-order valence-corrected chi connectivity index (χ1v) is 9.59. The molecule has 24 heavy (non-hydrogen) atoms. The van der Waals surface area contributed by atoms with Crippen molar-refractivity contribution in [3.8, 4) is 5.75 Å². The average molecular weight is 347 g/mol. The maximum Gasteiger partial charge on any atom is 0.120 e. The third kappa shape index (κ3) is 5.74. The number of hydrogen-bond donors (Lipinski definition) is 2. The van der Waals surface area contributed by atoms with Crippen LogP contribution in [0.2, 0.25) is 0 Å². The number of aliphatic hydroxyl groups excluding tert-OH is 1. The summed E-state index contributed by atoms with van der Waals surface area (Å²) in [5, 5.41) is 13.6. The van der Waals surface area contributed by atoms with Crippen LogP contribution in [0.5, 0.6) is 5.75 Å². The fourth-order valence-electron chi connectivity index (χ4n) is 2.34. The summed E-state index contributed by atoms with van der Waals surface area (Å²) in [5.41, 5.74) is 1.92. The third-order valence-electron chi connectivity index (χ3n) is 3.54. The van der Waals surface area contributed by atoms with Gasteiger partial charge in [0, 0.05) is 35.0 Å². The van der Waals surface area contributed by atoms with E-state index in [4.69, 9.17) is 4.74 Å². The molecule has 4 nitrogen and oxygen atoms in total. The van der Waals surface area contributed by atoms with Gasteiger partial charge >= 0.3 is 0 Å². The van der Waals surface area contributed by atoms with E-state index in [1.807, 2.05) is 62.4 Å². The molecule has 2 atom stereocenters. The zero-order chi connectivity index (χ0) is 17.5. The fraction of sp³-hybridized carbons (Fsp3) is 0.368. The van der Waals surface area contributed by atoms with E-state index >= 15 is 0 Å². The topological polar surface area (TPSA) is 58.6 Å². The maximum absolute atomic E-state index is 11.4. The summed E-state index contributed by atoms with van der Waals surface area (Å²) < 4.78 is 17.0. The van der Waals surface area contributed by atoms with Gasteiger partial charge in [-0.15, -0.1) is 0 Å². The van der Waals surface area contributed by atoms with Crippen molar-refractivity contribution < 1.29 is 14.1 Å². The van der Waals surface area contributed by atoms with Crippen molar-refractivity contribution >= 4 is 10.8 Å². The summed E-state index contributed by atoms with van der Waals surface area (Å²) in [6.45, 7) is 5.05. The van der Waals surface area contributed by atoms with Gasteiger partial charge in [-0.25, -0.2) is 0 Å². The van der Waals surface area contributed by atoms with Gasteiger partial charge in [0.2, 0.25) is 0 Å². The smallest absolute Gasteiger partial charge is 0.120 e. The van der Waals surface area contributed by atoms with Crippen molar-refractivity contribution in [2.75, 3.05) is 12.8 Å². The van der Waals surface area contributed by atoms with E-state index in [-0.39, 0.29) is 6.10 Å². The molecular weight excluding hydrogens is 322 g/mol. The summed E-state index contributed by atoms with van der Waals surface area (Å²) >= 11 is 0. The molecule has 2 N–H and O–H groups in total. The second-order valence-corrected chi connectivity index (χ2v) is 7.36. The highest BCUT2D eigenvalue weighted by atomic mass is 32.2. The minimum Gasteiger partial charge on any atom is -0.491 e. The van der Waals surface area contributed by atoms with Gasteiger partial charge in [-0.05, 0) is 49.2 Å².